The highest BCUT2D eigenvalue weighted by Crippen LogP contribution is 2.18. The molecule has 8 nitrogen and oxygen atoms in total. The maximum absolute atomic E-state index is 12.8. The Hall–Kier alpha value is -2.39. The molecule has 1 aromatic carbocycles. The molecule has 0 unspecified atom stereocenters. The number of sulfonamides is 1. The topological polar surface area (TPSA) is 87.5 Å². The van der Waals surface area contributed by atoms with Crippen molar-refractivity contribution in [1.82, 2.24) is 18.8 Å². The molecule has 1 N–H and O–H groups in total. The minimum absolute atomic E-state index is 0.0556. The van der Waals surface area contributed by atoms with Crippen molar-refractivity contribution in [2.45, 2.75) is 25.3 Å². The molecule has 1 aliphatic rings. The summed E-state index contributed by atoms with van der Waals surface area (Å²) in [6.07, 6.45) is 2.10. The average Bonchev–Trinajstić information content (AvgIpc) is 2.84. The quantitative estimate of drug-likeness (QED) is 0.866. The Bertz CT molecular complexity index is 901. The molecule has 0 spiro atoms. The minimum atomic E-state index is -3.66. The number of anilines is 1. The molecule has 1 aliphatic heterocycles. The van der Waals surface area contributed by atoms with Gasteiger partial charge in [-0.3, -0.25) is 0 Å². The molecule has 0 bridgehead atoms. The Labute approximate surface area is 159 Å². The van der Waals surface area contributed by atoms with Gasteiger partial charge in [-0.2, -0.15) is 4.31 Å². The molecule has 2 amide bonds. The number of aryl methyl sites for hydroxylation is 3. The lowest BCUT2D eigenvalue weighted by Crippen LogP contribution is -2.39. The predicted octanol–water partition coefficient (Wildman–Crippen LogP) is 1.97. The van der Waals surface area contributed by atoms with Crippen LogP contribution in [0.25, 0.3) is 0 Å². The van der Waals surface area contributed by atoms with Crippen molar-refractivity contribution in [2.75, 3.05) is 31.5 Å². The van der Waals surface area contributed by atoms with Crippen LogP contribution in [0.2, 0.25) is 0 Å². The molecule has 9 heteroatoms. The van der Waals surface area contributed by atoms with Gasteiger partial charge in [0.15, 0.2) is 5.03 Å². The number of imidazole rings is 1. The number of rotatable bonds is 3. The number of amides is 2. The first-order valence-corrected chi connectivity index (χ1v) is 10.3. The fraction of sp³-hybridized carbons (Fsp3) is 0.444. The normalized spacial score (nSPS) is 16.2. The van der Waals surface area contributed by atoms with Gasteiger partial charge in [0.1, 0.15) is 5.82 Å². The van der Waals surface area contributed by atoms with Crippen molar-refractivity contribution in [3.63, 3.8) is 0 Å². The number of hydrogen-bond acceptors (Lipinski definition) is 4. The molecule has 27 heavy (non-hydrogen) atoms. The SMILES string of the molecule is Cc1ccc(NC(=O)N2CCCN(S(=O)(=O)c3cn(C)c(C)n3)CC2)cc1. The number of nitrogens with zero attached hydrogens (tertiary/aromatic N) is 4. The summed E-state index contributed by atoms with van der Waals surface area (Å²) in [5.74, 6) is 0.641. The molecule has 0 radical (unpaired) electrons. The summed E-state index contributed by atoms with van der Waals surface area (Å²) < 4.78 is 28.8. The molecule has 0 aliphatic carbocycles. The maximum Gasteiger partial charge on any atom is 0.321 e. The van der Waals surface area contributed by atoms with Crippen LogP contribution >= 0.6 is 0 Å². The lowest BCUT2D eigenvalue weighted by Gasteiger charge is -2.21. The molecule has 1 aromatic heterocycles. The first-order chi connectivity index (χ1) is 12.8. The number of urea groups is 1. The summed E-state index contributed by atoms with van der Waals surface area (Å²) in [6.45, 7) is 5.20. The number of benzene rings is 1. The van der Waals surface area contributed by atoms with Crippen LogP contribution in [0.3, 0.4) is 0 Å². The Kier molecular flexibility index (Phi) is 5.52. The third kappa shape index (κ3) is 4.30. The standard InChI is InChI=1S/C18H25N5O3S/c1-14-5-7-16(8-6-14)20-18(24)22-9-4-10-23(12-11-22)27(25,26)17-13-21(3)15(2)19-17/h5-8,13H,4,9-12H2,1-3H3,(H,20,24). The number of hydrogen-bond donors (Lipinski definition) is 1. The molecule has 3 rings (SSSR count). The third-order valence-corrected chi connectivity index (χ3v) is 6.51. The summed E-state index contributed by atoms with van der Waals surface area (Å²) in [4.78, 5) is 18.3. The summed E-state index contributed by atoms with van der Waals surface area (Å²) in [5.41, 5.74) is 1.84. The molecular weight excluding hydrogens is 366 g/mol. The highest BCUT2D eigenvalue weighted by molar-refractivity contribution is 7.89. The lowest BCUT2D eigenvalue weighted by atomic mass is 10.2. The monoisotopic (exact) mass is 391 g/mol. The summed E-state index contributed by atoms with van der Waals surface area (Å²) in [7, 11) is -1.89. The highest BCUT2D eigenvalue weighted by atomic mass is 32.2. The smallest absolute Gasteiger partial charge is 0.321 e. The van der Waals surface area contributed by atoms with Crippen LogP contribution in [-0.4, -0.2) is 59.4 Å². The Morgan fingerprint density at radius 2 is 1.78 bits per heavy atom. The van der Waals surface area contributed by atoms with Gasteiger partial charge >= 0.3 is 6.03 Å². The van der Waals surface area contributed by atoms with Crippen LogP contribution in [0, 0.1) is 13.8 Å². The van der Waals surface area contributed by atoms with Gasteiger partial charge in [-0.25, -0.2) is 18.2 Å². The molecule has 2 aromatic rings. The van der Waals surface area contributed by atoms with E-state index in [2.05, 4.69) is 10.3 Å². The Balaban J connectivity index is 1.66. The first-order valence-electron chi connectivity index (χ1n) is 8.90. The zero-order valence-electron chi connectivity index (χ0n) is 15.8. The lowest BCUT2D eigenvalue weighted by molar-refractivity contribution is 0.214. The van der Waals surface area contributed by atoms with Crippen LogP contribution in [-0.2, 0) is 17.1 Å². The van der Waals surface area contributed by atoms with E-state index in [4.69, 9.17) is 0 Å². The van der Waals surface area contributed by atoms with E-state index in [1.165, 1.54) is 10.5 Å². The van der Waals surface area contributed by atoms with E-state index >= 15 is 0 Å². The van der Waals surface area contributed by atoms with E-state index in [-0.39, 0.29) is 17.6 Å². The Morgan fingerprint density at radius 1 is 1.07 bits per heavy atom. The van der Waals surface area contributed by atoms with Gasteiger partial charge in [-0.15, -0.1) is 0 Å². The zero-order chi connectivity index (χ0) is 19.6. The fourth-order valence-corrected chi connectivity index (χ4v) is 4.45. The van der Waals surface area contributed by atoms with E-state index in [1.54, 1.807) is 23.4 Å². The summed E-state index contributed by atoms with van der Waals surface area (Å²) in [6, 6.07) is 7.35. The van der Waals surface area contributed by atoms with Crippen LogP contribution < -0.4 is 5.32 Å². The number of carbonyl (C=O) groups excluding carboxylic acids is 1. The average molecular weight is 391 g/mol. The molecule has 146 valence electrons. The van der Waals surface area contributed by atoms with Crippen molar-refractivity contribution in [2.24, 2.45) is 7.05 Å². The second kappa shape index (κ2) is 7.69. The van der Waals surface area contributed by atoms with Gasteiger partial charge in [-0.05, 0) is 32.4 Å². The summed E-state index contributed by atoms with van der Waals surface area (Å²) >= 11 is 0. The van der Waals surface area contributed by atoms with Crippen molar-refractivity contribution >= 4 is 21.7 Å². The van der Waals surface area contributed by atoms with Crippen LogP contribution in [0.4, 0.5) is 10.5 Å². The van der Waals surface area contributed by atoms with Crippen molar-refractivity contribution in [3.05, 3.63) is 41.9 Å². The number of carbonyl (C=O) groups is 1. The predicted molar refractivity (Wildman–Crippen MR) is 103 cm³/mol. The van der Waals surface area contributed by atoms with E-state index < -0.39 is 10.0 Å². The van der Waals surface area contributed by atoms with E-state index in [9.17, 15) is 13.2 Å². The van der Waals surface area contributed by atoms with Gasteiger partial charge in [0.2, 0.25) is 0 Å². The number of aromatic nitrogens is 2. The van der Waals surface area contributed by atoms with Crippen molar-refractivity contribution in [1.29, 1.82) is 0 Å². The van der Waals surface area contributed by atoms with Gasteiger partial charge in [0.05, 0.1) is 0 Å². The number of nitrogens with one attached hydrogen (secondary N) is 1. The van der Waals surface area contributed by atoms with Gasteiger partial charge in [0.25, 0.3) is 10.0 Å². The van der Waals surface area contributed by atoms with Crippen LogP contribution in [0.1, 0.15) is 17.8 Å². The molecule has 1 fully saturated rings. The second-order valence-electron chi connectivity index (χ2n) is 6.78. The van der Waals surface area contributed by atoms with E-state index in [0.717, 1.165) is 11.3 Å². The molecule has 0 atom stereocenters. The van der Waals surface area contributed by atoms with Gasteiger partial charge in [-0.1, -0.05) is 17.7 Å². The molecule has 1 saturated heterocycles. The van der Waals surface area contributed by atoms with Gasteiger partial charge < -0.3 is 14.8 Å². The molecular formula is C18H25N5O3S. The Morgan fingerprint density at radius 3 is 2.41 bits per heavy atom. The van der Waals surface area contributed by atoms with Gasteiger partial charge in [0, 0.05) is 45.1 Å². The minimum Gasteiger partial charge on any atom is -0.337 e. The molecule has 2 heterocycles. The van der Waals surface area contributed by atoms with Crippen molar-refractivity contribution in [3.8, 4) is 0 Å². The van der Waals surface area contributed by atoms with E-state index in [0.29, 0.717) is 31.9 Å². The highest BCUT2D eigenvalue weighted by Gasteiger charge is 2.30. The zero-order valence-corrected chi connectivity index (χ0v) is 16.7. The third-order valence-electron chi connectivity index (χ3n) is 4.74. The summed E-state index contributed by atoms with van der Waals surface area (Å²) in [5, 5.41) is 2.92. The van der Waals surface area contributed by atoms with Crippen molar-refractivity contribution < 1.29 is 13.2 Å². The fourth-order valence-electron chi connectivity index (χ4n) is 2.96. The van der Waals surface area contributed by atoms with E-state index in [1.807, 2.05) is 31.2 Å². The maximum atomic E-state index is 12.8. The largest absolute Gasteiger partial charge is 0.337 e. The molecule has 0 saturated carbocycles. The van der Waals surface area contributed by atoms with Crippen LogP contribution in [0.15, 0.2) is 35.5 Å². The first kappa shape index (κ1) is 19.4. The second-order valence-corrected chi connectivity index (χ2v) is 8.66. The van der Waals surface area contributed by atoms with Crippen LogP contribution in [0.5, 0.6) is 0 Å².